The molecule has 2 aromatic heterocycles. The topological polar surface area (TPSA) is 76.4 Å². The lowest BCUT2D eigenvalue weighted by molar-refractivity contribution is -0.116. The van der Waals surface area contributed by atoms with E-state index < -0.39 is 0 Å². The predicted octanol–water partition coefficient (Wildman–Crippen LogP) is 3.63. The lowest BCUT2D eigenvalue weighted by Gasteiger charge is -2.04. The average Bonchev–Trinajstić information content (AvgIpc) is 3.07. The zero-order valence-corrected chi connectivity index (χ0v) is 15.5. The zero-order valence-electron chi connectivity index (χ0n) is 14.7. The summed E-state index contributed by atoms with van der Waals surface area (Å²) in [6.07, 6.45) is 0.269. The molecule has 0 spiro atoms. The van der Waals surface area contributed by atoms with Gasteiger partial charge >= 0.3 is 0 Å². The predicted molar refractivity (Wildman–Crippen MR) is 98.4 cm³/mol. The summed E-state index contributed by atoms with van der Waals surface area (Å²) in [5.74, 6) is -0.0220. The Morgan fingerprint density at radius 1 is 1.12 bits per heavy atom. The van der Waals surface area contributed by atoms with Crippen LogP contribution in [0.1, 0.15) is 44.9 Å². The molecule has 1 aromatic carbocycles. The molecular weight excluding hydrogens is 336 g/mol. The van der Waals surface area contributed by atoms with E-state index in [-0.39, 0.29) is 30.5 Å². The van der Waals surface area contributed by atoms with Gasteiger partial charge in [-0.15, -0.1) is 5.10 Å². The maximum Gasteiger partial charge on any atom is 0.250 e. The number of ketones is 1. The highest BCUT2D eigenvalue weighted by Gasteiger charge is 2.14. The number of carbonyl (C=O) groups excluding carboxylic acids is 2. The van der Waals surface area contributed by atoms with Crippen LogP contribution in [0.4, 0.5) is 5.95 Å². The highest BCUT2D eigenvalue weighted by molar-refractivity contribution is 7.17. The third kappa shape index (κ3) is 3.61. The lowest BCUT2D eigenvalue weighted by Crippen LogP contribution is -2.14. The van der Waals surface area contributed by atoms with Crippen LogP contribution < -0.4 is 5.32 Å². The quantitative estimate of drug-likeness (QED) is 0.708. The van der Waals surface area contributed by atoms with E-state index in [4.69, 9.17) is 0 Å². The number of fused-ring (bicyclic) bond motifs is 1. The summed E-state index contributed by atoms with van der Waals surface area (Å²) < 4.78 is 1.72. The number of nitrogens with zero attached hydrogens (tertiary/aromatic N) is 3. The van der Waals surface area contributed by atoms with Crippen molar-refractivity contribution < 1.29 is 9.59 Å². The minimum atomic E-state index is -0.259. The van der Waals surface area contributed by atoms with Gasteiger partial charge in [0, 0.05) is 23.3 Å². The van der Waals surface area contributed by atoms with Crippen molar-refractivity contribution in [2.45, 2.75) is 40.5 Å². The number of aryl methyl sites for hydroxylation is 4. The normalized spacial score (nSPS) is 11.0. The van der Waals surface area contributed by atoms with Crippen LogP contribution in [0.2, 0.25) is 0 Å². The summed E-state index contributed by atoms with van der Waals surface area (Å²) >= 11 is 1.53. The van der Waals surface area contributed by atoms with Gasteiger partial charge in [0.2, 0.25) is 16.8 Å². The van der Waals surface area contributed by atoms with Crippen LogP contribution in [0.25, 0.3) is 4.96 Å². The second kappa shape index (κ2) is 6.76. The first-order valence-corrected chi connectivity index (χ1v) is 8.90. The van der Waals surface area contributed by atoms with Crippen LogP contribution in [0.5, 0.6) is 0 Å². The first kappa shape index (κ1) is 17.3. The summed E-state index contributed by atoms with van der Waals surface area (Å²) in [7, 11) is 0. The van der Waals surface area contributed by atoms with E-state index in [0.717, 1.165) is 26.7 Å². The number of carbonyl (C=O) groups is 2. The first-order chi connectivity index (χ1) is 11.8. The molecule has 0 fully saturated rings. The SMILES string of the molecule is Cc1ccc(C(=O)CCC(=O)Nc2nc3sc(C)c(C)n3n2)cc1C. The molecule has 0 saturated heterocycles. The Bertz CT molecular complexity index is 971. The molecular formula is C18H20N4O2S. The second-order valence-corrected chi connectivity index (χ2v) is 7.33. The molecule has 0 bridgehead atoms. The fourth-order valence-corrected chi connectivity index (χ4v) is 3.37. The van der Waals surface area contributed by atoms with Crippen molar-refractivity contribution in [3.63, 3.8) is 0 Å². The molecule has 130 valence electrons. The van der Waals surface area contributed by atoms with Crippen molar-refractivity contribution in [3.05, 3.63) is 45.5 Å². The maximum atomic E-state index is 12.2. The van der Waals surface area contributed by atoms with Gasteiger partial charge in [-0.1, -0.05) is 23.5 Å². The van der Waals surface area contributed by atoms with Crippen molar-refractivity contribution in [1.29, 1.82) is 0 Å². The summed E-state index contributed by atoms with van der Waals surface area (Å²) in [4.78, 5) is 30.5. The molecule has 7 heteroatoms. The van der Waals surface area contributed by atoms with E-state index in [9.17, 15) is 9.59 Å². The van der Waals surface area contributed by atoms with Crippen molar-refractivity contribution in [3.8, 4) is 0 Å². The van der Waals surface area contributed by atoms with E-state index in [1.807, 2.05) is 39.8 Å². The van der Waals surface area contributed by atoms with E-state index in [1.165, 1.54) is 11.3 Å². The van der Waals surface area contributed by atoms with Gasteiger partial charge in [0.05, 0.1) is 5.69 Å². The third-order valence-corrected chi connectivity index (χ3v) is 5.36. The number of benzene rings is 1. The highest BCUT2D eigenvalue weighted by Crippen LogP contribution is 2.21. The van der Waals surface area contributed by atoms with Gasteiger partial charge in [-0.2, -0.15) is 4.98 Å². The smallest absolute Gasteiger partial charge is 0.250 e. The van der Waals surface area contributed by atoms with E-state index in [2.05, 4.69) is 15.4 Å². The number of thiazole rings is 1. The molecule has 0 atom stereocenters. The number of hydrogen-bond acceptors (Lipinski definition) is 5. The van der Waals surface area contributed by atoms with E-state index in [1.54, 1.807) is 10.6 Å². The number of amides is 1. The Balaban J connectivity index is 1.59. The Labute approximate surface area is 149 Å². The minimum absolute atomic E-state index is 0.0384. The molecule has 0 aliphatic carbocycles. The third-order valence-electron chi connectivity index (χ3n) is 4.31. The van der Waals surface area contributed by atoms with Gasteiger partial charge < -0.3 is 0 Å². The average molecular weight is 356 g/mol. The van der Waals surface area contributed by atoms with Crippen molar-refractivity contribution in [2.24, 2.45) is 0 Å². The van der Waals surface area contributed by atoms with Gasteiger partial charge in [-0.3, -0.25) is 14.9 Å². The highest BCUT2D eigenvalue weighted by atomic mass is 32.1. The monoisotopic (exact) mass is 356 g/mol. The standard InChI is InChI=1S/C18H20N4O2S/c1-10-5-6-14(9-11(10)2)15(23)7-8-16(24)19-17-20-18-22(21-17)12(3)13(4)25-18/h5-6,9H,7-8H2,1-4H3,(H,19,21,24). The molecule has 25 heavy (non-hydrogen) atoms. The molecule has 6 nitrogen and oxygen atoms in total. The van der Waals surface area contributed by atoms with Crippen LogP contribution in [0, 0.1) is 27.7 Å². The fraction of sp³-hybridized carbons (Fsp3) is 0.333. The Morgan fingerprint density at radius 2 is 1.88 bits per heavy atom. The number of Topliss-reactive ketones (excluding diaryl/α,β-unsaturated/α-hetero) is 1. The van der Waals surface area contributed by atoms with Crippen LogP contribution >= 0.6 is 11.3 Å². The van der Waals surface area contributed by atoms with Crippen molar-refractivity contribution in [2.75, 3.05) is 5.32 Å². The molecule has 3 rings (SSSR count). The Hall–Kier alpha value is -2.54. The van der Waals surface area contributed by atoms with Crippen molar-refractivity contribution >= 4 is 33.9 Å². The minimum Gasteiger partial charge on any atom is -0.294 e. The molecule has 1 amide bonds. The second-order valence-electron chi connectivity index (χ2n) is 6.14. The Kier molecular flexibility index (Phi) is 4.67. The van der Waals surface area contributed by atoms with E-state index >= 15 is 0 Å². The molecule has 0 radical (unpaired) electrons. The first-order valence-electron chi connectivity index (χ1n) is 8.08. The number of hydrogen-bond donors (Lipinski definition) is 1. The molecule has 1 N–H and O–H groups in total. The number of rotatable bonds is 5. The molecule has 0 aliphatic heterocycles. The van der Waals surface area contributed by atoms with Gasteiger partial charge in [-0.25, -0.2) is 4.52 Å². The molecule has 0 unspecified atom stereocenters. The molecule has 0 saturated carbocycles. The molecule has 3 aromatic rings. The summed E-state index contributed by atoms with van der Waals surface area (Å²) in [6.45, 7) is 7.94. The van der Waals surface area contributed by atoms with E-state index in [0.29, 0.717) is 5.56 Å². The summed E-state index contributed by atoms with van der Waals surface area (Å²) in [5.41, 5.74) is 3.87. The van der Waals surface area contributed by atoms with Gasteiger partial charge in [-0.05, 0) is 44.9 Å². The summed E-state index contributed by atoms with van der Waals surface area (Å²) in [6, 6.07) is 5.60. The van der Waals surface area contributed by atoms with Crippen LogP contribution in [-0.4, -0.2) is 26.3 Å². The van der Waals surface area contributed by atoms with Crippen LogP contribution in [0.15, 0.2) is 18.2 Å². The number of anilines is 1. The molecule has 0 aliphatic rings. The van der Waals surface area contributed by atoms with Crippen LogP contribution in [-0.2, 0) is 4.79 Å². The number of aromatic nitrogens is 3. The lowest BCUT2D eigenvalue weighted by atomic mass is 10.0. The van der Waals surface area contributed by atoms with Gasteiger partial charge in [0.15, 0.2) is 5.78 Å². The fourth-order valence-electron chi connectivity index (χ4n) is 2.47. The summed E-state index contributed by atoms with van der Waals surface area (Å²) in [5, 5.41) is 6.94. The van der Waals surface area contributed by atoms with Gasteiger partial charge in [0.1, 0.15) is 0 Å². The zero-order chi connectivity index (χ0) is 18.1. The largest absolute Gasteiger partial charge is 0.294 e. The number of nitrogens with one attached hydrogen (secondary N) is 1. The van der Waals surface area contributed by atoms with Gasteiger partial charge in [0.25, 0.3) is 0 Å². The Morgan fingerprint density at radius 3 is 2.56 bits per heavy atom. The molecule has 2 heterocycles. The van der Waals surface area contributed by atoms with Crippen LogP contribution in [0.3, 0.4) is 0 Å². The van der Waals surface area contributed by atoms with Crippen molar-refractivity contribution in [1.82, 2.24) is 14.6 Å². The maximum absolute atomic E-state index is 12.2.